The summed E-state index contributed by atoms with van der Waals surface area (Å²) >= 11 is 1.39. The van der Waals surface area contributed by atoms with Crippen LogP contribution in [0.15, 0.2) is 72.1 Å². The van der Waals surface area contributed by atoms with E-state index in [-0.39, 0.29) is 17.1 Å². The lowest BCUT2D eigenvalue weighted by molar-refractivity contribution is 0.0987. The Morgan fingerprint density at radius 1 is 0.946 bits per heavy atom. The first-order valence-electron chi connectivity index (χ1n) is 12.0. The number of hydrogen-bond acceptors (Lipinski definition) is 5. The van der Waals surface area contributed by atoms with E-state index in [9.17, 15) is 9.18 Å². The summed E-state index contributed by atoms with van der Waals surface area (Å²) in [4.78, 5) is 20.2. The van der Waals surface area contributed by atoms with Crippen LogP contribution in [0, 0.1) is 5.82 Å². The molecule has 37 heavy (non-hydrogen) atoms. The van der Waals surface area contributed by atoms with Gasteiger partial charge >= 0.3 is 0 Å². The maximum atomic E-state index is 13.7. The van der Waals surface area contributed by atoms with Gasteiger partial charge < -0.3 is 9.47 Å². The molecule has 0 saturated heterocycles. The second-order valence-electron chi connectivity index (χ2n) is 9.75. The normalized spacial score (nSPS) is 11.3. The Morgan fingerprint density at radius 3 is 2.24 bits per heavy atom. The van der Waals surface area contributed by atoms with Crippen LogP contribution in [0.1, 0.15) is 42.3 Å². The summed E-state index contributed by atoms with van der Waals surface area (Å²) in [6.45, 7) is 6.86. The number of benzene rings is 3. The number of hydrogen-bond donors (Lipinski definition) is 0. The van der Waals surface area contributed by atoms with E-state index in [4.69, 9.17) is 14.5 Å². The molecular formula is C30H31FN2O3S. The molecular weight excluding hydrogens is 487 g/mol. The number of aromatic nitrogens is 1. The van der Waals surface area contributed by atoms with Crippen molar-refractivity contribution in [1.82, 2.24) is 4.98 Å². The van der Waals surface area contributed by atoms with E-state index in [1.165, 1.54) is 23.5 Å². The molecule has 1 amide bonds. The predicted octanol–water partition coefficient (Wildman–Crippen LogP) is 7.15. The molecule has 0 fully saturated rings. The molecule has 5 nitrogen and oxygen atoms in total. The Labute approximate surface area is 221 Å². The molecule has 192 valence electrons. The lowest BCUT2D eigenvalue weighted by Gasteiger charge is -2.22. The van der Waals surface area contributed by atoms with Gasteiger partial charge in [0.25, 0.3) is 5.91 Å². The number of rotatable bonds is 8. The fourth-order valence-corrected chi connectivity index (χ4v) is 4.83. The third-order valence-corrected chi connectivity index (χ3v) is 7.04. The molecule has 4 aromatic rings. The molecule has 0 aliphatic rings. The van der Waals surface area contributed by atoms with Gasteiger partial charge in [0.1, 0.15) is 5.82 Å². The predicted molar refractivity (Wildman–Crippen MR) is 148 cm³/mol. The van der Waals surface area contributed by atoms with Crippen LogP contribution in [0.2, 0.25) is 0 Å². The topological polar surface area (TPSA) is 51.7 Å². The van der Waals surface area contributed by atoms with Crippen molar-refractivity contribution in [3.05, 3.63) is 94.6 Å². The summed E-state index contributed by atoms with van der Waals surface area (Å²) in [6.07, 6.45) is 0.595. The molecule has 1 aromatic heterocycles. The molecule has 0 atom stereocenters. The van der Waals surface area contributed by atoms with Gasteiger partial charge in [-0.3, -0.25) is 9.69 Å². The van der Waals surface area contributed by atoms with Crippen LogP contribution < -0.4 is 14.4 Å². The zero-order valence-corrected chi connectivity index (χ0v) is 22.6. The zero-order chi connectivity index (χ0) is 26.6. The number of amides is 1. The van der Waals surface area contributed by atoms with Gasteiger partial charge in [-0.15, -0.1) is 11.3 Å². The first-order chi connectivity index (χ1) is 17.7. The van der Waals surface area contributed by atoms with E-state index in [2.05, 4.69) is 20.8 Å². The number of carbonyl (C=O) groups excluding carboxylic acids is 1. The minimum atomic E-state index is -0.301. The number of anilines is 1. The quantitative estimate of drug-likeness (QED) is 0.248. The Hall–Kier alpha value is -3.71. The lowest BCUT2D eigenvalue weighted by atomic mass is 9.86. The van der Waals surface area contributed by atoms with Gasteiger partial charge in [0.05, 0.1) is 19.9 Å². The van der Waals surface area contributed by atoms with Crippen LogP contribution in [0.25, 0.3) is 11.3 Å². The first kappa shape index (κ1) is 26.4. The van der Waals surface area contributed by atoms with E-state index in [1.807, 2.05) is 47.8 Å². The molecule has 0 aliphatic heterocycles. The molecule has 3 aromatic carbocycles. The second kappa shape index (κ2) is 11.1. The van der Waals surface area contributed by atoms with Crippen LogP contribution in [0.5, 0.6) is 11.5 Å². The standard InChI is InChI=1S/C30H31FN2O3S/c1-30(2,3)23-11-7-22(8-12-23)28(34)33(17-16-20-6-15-26(35-4)27(18-20)36-5)29-32-25(19-37-29)21-9-13-24(31)14-10-21/h6-15,18-19H,16-17H2,1-5H3. The fraction of sp³-hybridized carbons (Fsp3) is 0.267. The van der Waals surface area contributed by atoms with E-state index < -0.39 is 0 Å². The lowest BCUT2D eigenvalue weighted by Crippen LogP contribution is -2.33. The molecule has 0 saturated carbocycles. The van der Waals surface area contributed by atoms with Crippen molar-refractivity contribution in [3.8, 4) is 22.8 Å². The van der Waals surface area contributed by atoms with Crippen molar-refractivity contribution in [2.75, 3.05) is 25.7 Å². The molecule has 0 radical (unpaired) electrons. The molecule has 0 bridgehead atoms. The summed E-state index contributed by atoms with van der Waals surface area (Å²) < 4.78 is 24.2. The van der Waals surface area contributed by atoms with Crippen LogP contribution in [-0.2, 0) is 11.8 Å². The summed E-state index contributed by atoms with van der Waals surface area (Å²) in [5, 5.41) is 2.48. The van der Waals surface area contributed by atoms with E-state index in [0.29, 0.717) is 40.9 Å². The average Bonchev–Trinajstić information content (AvgIpc) is 3.38. The van der Waals surface area contributed by atoms with Gasteiger partial charge in [-0.1, -0.05) is 39.0 Å². The molecule has 0 N–H and O–H groups in total. The van der Waals surface area contributed by atoms with Crippen molar-refractivity contribution < 1.29 is 18.7 Å². The van der Waals surface area contributed by atoms with E-state index >= 15 is 0 Å². The Morgan fingerprint density at radius 2 is 1.62 bits per heavy atom. The second-order valence-corrected chi connectivity index (χ2v) is 10.6. The third kappa shape index (κ3) is 6.17. The van der Waals surface area contributed by atoms with Crippen molar-refractivity contribution in [3.63, 3.8) is 0 Å². The maximum absolute atomic E-state index is 13.7. The van der Waals surface area contributed by atoms with Crippen molar-refractivity contribution in [2.45, 2.75) is 32.6 Å². The minimum absolute atomic E-state index is 0.00590. The Bertz CT molecular complexity index is 1360. The van der Waals surface area contributed by atoms with E-state index in [0.717, 1.165) is 16.7 Å². The Balaban J connectivity index is 1.64. The highest BCUT2D eigenvalue weighted by molar-refractivity contribution is 7.14. The van der Waals surface area contributed by atoms with Crippen molar-refractivity contribution >= 4 is 22.4 Å². The van der Waals surface area contributed by atoms with Gasteiger partial charge in [0.15, 0.2) is 16.6 Å². The van der Waals surface area contributed by atoms with Crippen LogP contribution in [0.4, 0.5) is 9.52 Å². The third-order valence-electron chi connectivity index (χ3n) is 6.18. The van der Waals surface area contributed by atoms with Crippen LogP contribution >= 0.6 is 11.3 Å². The highest BCUT2D eigenvalue weighted by atomic mass is 32.1. The fourth-order valence-electron chi connectivity index (χ4n) is 3.97. The first-order valence-corrected chi connectivity index (χ1v) is 12.9. The maximum Gasteiger partial charge on any atom is 0.260 e. The SMILES string of the molecule is COc1ccc(CCN(C(=O)c2ccc(C(C)(C)C)cc2)c2nc(-c3ccc(F)cc3)cs2)cc1OC. The molecule has 0 aliphatic carbocycles. The van der Waals surface area contributed by atoms with Crippen molar-refractivity contribution in [2.24, 2.45) is 0 Å². The van der Waals surface area contributed by atoms with E-state index in [1.54, 1.807) is 31.3 Å². The molecule has 7 heteroatoms. The van der Waals surface area contributed by atoms with Gasteiger partial charge in [0.2, 0.25) is 0 Å². The van der Waals surface area contributed by atoms with Gasteiger partial charge in [-0.05, 0) is 71.5 Å². The molecule has 0 spiro atoms. The van der Waals surface area contributed by atoms with Crippen molar-refractivity contribution in [1.29, 1.82) is 0 Å². The Kier molecular flexibility index (Phi) is 7.93. The average molecular weight is 519 g/mol. The summed E-state index contributed by atoms with van der Waals surface area (Å²) in [5.41, 5.74) is 4.26. The number of thiazole rings is 1. The number of nitrogens with zero attached hydrogens (tertiary/aromatic N) is 2. The highest BCUT2D eigenvalue weighted by Gasteiger charge is 2.22. The smallest absolute Gasteiger partial charge is 0.260 e. The minimum Gasteiger partial charge on any atom is -0.493 e. The van der Waals surface area contributed by atoms with Gasteiger partial charge in [0, 0.05) is 23.1 Å². The molecule has 4 rings (SSSR count). The van der Waals surface area contributed by atoms with Crippen LogP contribution in [0.3, 0.4) is 0 Å². The largest absolute Gasteiger partial charge is 0.493 e. The number of methoxy groups -OCH3 is 2. The monoisotopic (exact) mass is 518 g/mol. The highest BCUT2D eigenvalue weighted by Crippen LogP contribution is 2.31. The summed E-state index contributed by atoms with van der Waals surface area (Å²) in [7, 11) is 3.20. The summed E-state index contributed by atoms with van der Waals surface area (Å²) in [5.74, 6) is 0.871. The van der Waals surface area contributed by atoms with Gasteiger partial charge in [-0.25, -0.2) is 9.37 Å². The number of halogens is 1. The van der Waals surface area contributed by atoms with Crippen LogP contribution in [-0.4, -0.2) is 31.7 Å². The zero-order valence-electron chi connectivity index (χ0n) is 21.7. The molecule has 0 unspecified atom stereocenters. The molecule has 1 heterocycles. The van der Waals surface area contributed by atoms with Gasteiger partial charge in [-0.2, -0.15) is 0 Å². The number of carbonyl (C=O) groups is 1. The summed E-state index contributed by atoms with van der Waals surface area (Å²) in [6, 6.07) is 19.7. The number of ether oxygens (including phenoxy) is 2.